The van der Waals surface area contributed by atoms with Crippen LogP contribution < -0.4 is 15.5 Å². The first-order valence-corrected chi connectivity index (χ1v) is 12.0. The van der Waals surface area contributed by atoms with Crippen LogP contribution in [-0.2, 0) is 17.5 Å². The molecule has 1 amide bonds. The number of fused-ring (bicyclic) bond motifs is 1. The maximum absolute atomic E-state index is 12.9. The van der Waals surface area contributed by atoms with Gasteiger partial charge < -0.3 is 15.5 Å². The molecule has 190 valence electrons. The van der Waals surface area contributed by atoms with Gasteiger partial charge in [-0.25, -0.2) is 4.98 Å². The molecule has 4 aromatic rings. The highest BCUT2D eigenvalue weighted by molar-refractivity contribution is 5.92. The number of carbonyl (C=O) groups is 1. The molecule has 1 aliphatic heterocycles. The van der Waals surface area contributed by atoms with Crippen LogP contribution >= 0.6 is 0 Å². The van der Waals surface area contributed by atoms with Crippen LogP contribution in [0.25, 0.3) is 10.8 Å². The van der Waals surface area contributed by atoms with E-state index >= 15 is 0 Å². The van der Waals surface area contributed by atoms with Gasteiger partial charge in [-0.2, -0.15) is 13.2 Å². The molecule has 1 fully saturated rings. The van der Waals surface area contributed by atoms with Gasteiger partial charge in [0.25, 0.3) is 0 Å². The van der Waals surface area contributed by atoms with E-state index in [2.05, 4.69) is 30.7 Å². The van der Waals surface area contributed by atoms with Crippen LogP contribution in [0.4, 0.5) is 30.6 Å². The third kappa shape index (κ3) is 5.79. The quantitative estimate of drug-likeness (QED) is 0.368. The molecule has 2 aromatic heterocycles. The number of nitrogens with zero attached hydrogens (tertiary/aromatic N) is 4. The Hall–Kier alpha value is -4.21. The fourth-order valence-electron chi connectivity index (χ4n) is 4.46. The van der Waals surface area contributed by atoms with Crippen molar-refractivity contribution >= 4 is 34.1 Å². The van der Waals surface area contributed by atoms with Crippen LogP contribution in [0.15, 0.2) is 72.9 Å². The fourth-order valence-corrected chi connectivity index (χ4v) is 4.46. The predicted molar refractivity (Wildman–Crippen MR) is 135 cm³/mol. The van der Waals surface area contributed by atoms with Gasteiger partial charge in [0.1, 0.15) is 5.82 Å². The van der Waals surface area contributed by atoms with Crippen molar-refractivity contribution in [2.75, 3.05) is 23.3 Å². The number of rotatable bonds is 6. The molecule has 0 radical (unpaired) electrons. The summed E-state index contributed by atoms with van der Waals surface area (Å²) >= 11 is 0. The molecule has 0 spiro atoms. The van der Waals surface area contributed by atoms with Crippen molar-refractivity contribution < 1.29 is 18.0 Å². The zero-order valence-corrected chi connectivity index (χ0v) is 19.9. The van der Waals surface area contributed by atoms with Crippen LogP contribution in [0.2, 0.25) is 0 Å². The van der Waals surface area contributed by atoms with Crippen molar-refractivity contribution in [2.24, 2.45) is 5.92 Å². The van der Waals surface area contributed by atoms with Crippen molar-refractivity contribution in [3.8, 4) is 0 Å². The summed E-state index contributed by atoms with van der Waals surface area (Å²) in [6, 6.07) is 18.6. The summed E-state index contributed by atoms with van der Waals surface area (Å²) in [4.78, 5) is 19.1. The topological polar surface area (TPSA) is 83.0 Å². The molecule has 2 aromatic carbocycles. The largest absolute Gasteiger partial charge is 0.416 e. The first kappa shape index (κ1) is 24.5. The third-order valence-corrected chi connectivity index (χ3v) is 6.48. The smallest absolute Gasteiger partial charge is 0.355 e. The second-order valence-electron chi connectivity index (χ2n) is 8.96. The number of halogens is 3. The predicted octanol–water partition coefficient (Wildman–Crippen LogP) is 5.32. The SMILES string of the molecule is O=C(NCc1cccc(C(F)(F)F)c1)C1CCN(c2ccc(Nc3nccc4ccccc34)nn2)CC1. The average molecular weight is 507 g/mol. The highest BCUT2D eigenvalue weighted by atomic mass is 19.4. The Balaban J connectivity index is 1.13. The number of benzene rings is 2. The lowest BCUT2D eigenvalue weighted by molar-refractivity contribution is -0.137. The summed E-state index contributed by atoms with van der Waals surface area (Å²) in [6.07, 6.45) is -1.42. The molecule has 0 atom stereocenters. The van der Waals surface area contributed by atoms with E-state index in [9.17, 15) is 18.0 Å². The van der Waals surface area contributed by atoms with Crippen molar-refractivity contribution in [3.05, 3.63) is 84.1 Å². The molecule has 0 saturated carbocycles. The number of hydrogen-bond acceptors (Lipinski definition) is 6. The molecular weight excluding hydrogens is 481 g/mol. The van der Waals surface area contributed by atoms with E-state index in [1.807, 2.05) is 42.5 Å². The summed E-state index contributed by atoms with van der Waals surface area (Å²) in [7, 11) is 0. The van der Waals surface area contributed by atoms with Gasteiger partial charge in [0.05, 0.1) is 5.56 Å². The maximum Gasteiger partial charge on any atom is 0.416 e. The van der Waals surface area contributed by atoms with E-state index < -0.39 is 11.7 Å². The van der Waals surface area contributed by atoms with Crippen LogP contribution in [0, 0.1) is 5.92 Å². The normalized spacial score (nSPS) is 14.5. The third-order valence-electron chi connectivity index (χ3n) is 6.48. The first-order valence-electron chi connectivity index (χ1n) is 12.0. The van der Waals surface area contributed by atoms with Crippen LogP contribution in [0.3, 0.4) is 0 Å². The lowest BCUT2D eigenvalue weighted by Crippen LogP contribution is -2.40. The fraction of sp³-hybridized carbons (Fsp3) is 0.259. The minimum absolute atomic E-state index is 0.0640. The van der Waals surface area contributed by atoms with E-state index in [0.717, 1.165) is 28.7 Å². The first-order chi connectivity index (χ1) is 17.9. The number of anilines is 3. The van der Waals surface area contributed by atoms with Gasteiger partial charge in [-0.15, -0.1) is 10.2 Å². The molecule has 37 heavy (non-hydrogen) atoms. The molecule has 0 aliphatic carbocycles. The molecule has 5 rings (SSSR count). The second-order valence-corrected chi connectivity index (χ2v) is 8.96. The second kappa shape index (κ2) is 10.4. The molecule has 2 N–H and O–H groups in total. The number of aromatic nitrogens is 3. The number of alkyl halides is 3. The summed E-state index contributed by atoms with van der Waals surface area (Å²) in [5.74, 6) is 1.66. The molecule has 1 saturated heterocycles. The summed E-state index contributed by atoms with van der Waals surface area (Å²) < 4.78 is 38.7. The minimum atomic E-state index is -4.41. The number of amides is 1. The van der Waals surface area contributed by atoms with Crippen molar-refractivity contribution in [1.29, 1.82) is 0 Å². The minimum Gasteiger partial charge on any atom is -0.355 e. The van der Waals surface area contributed by atoms with E-state index in [1.54, 1.807) is 12.3 Å². The molecule has 7 nitrogen and oxygen atoms in total. The number of carbonyl (C=O) groups excluding carboxylic acids is 1. The van der Waals surface area contributed by atoms with E-state index in [-0.39, 0.29) is 18.4 Å². The Bertz CT molecular complexity index is 1380. The lowest BCUT2D eigenvalue weighted by Gasteiger charge is -2.31. The summed E-state index contributed by atoms with van der Waals surface area (Å²) in [6.45, 7) is 1.33. The Kier molecular flexibility index (Phi) is 6.89. The van der Waals surface area contributed by atoms with E-state index in [0.29, 0.717) is 43.1 Å². The lowest BCUT2D eigenvalue weighted by atomic mass is 9.96. The molecule has 3 heterocycles. The van der Waals surface area contributed by atoms with Gasteiger partial charge in [0.2, 0.25) is 5.91 Å². The molecule has 10 heteroatoms. The van der Waals surface area contributed by atoms with Gasteiger partial charge in [0, 0.05) is 37.1 Å². The summed E-state index contributed by atoms with van der Waals surface area (Å²) in [5.41, 5.74) is -0.299. The van der Waals surface area contributed by atoms with Crippen molar-refractivity contribution in [1.82, 2.24) is 20.5 Å². The Morgan fingerprint density at radius 3 is 2.54 bits per heavy atom. The number of pyridine rings is 1. The van der Waals surface area contributed by atoms with E-state index in [1.165, 1.54) is 6.07 Å². The monoisotopic (exact) mass is 506 g/mol. The standard InChI is InChI=1S/C27H25F3N6O/c28-27(29,30)21-6-3-4-18(16-21)17-32-26(37)20-11-14-36(15-12-20)24-9-8-23(34-35-24)33-25-22-7-2-1-5-19(22)10-13-31-25/h1-10,13,16,20H,11-12,14-15,17H2,(H,32,37)(H,31,33,34). The van der Waals surface area contributed by atoms with Gasteiger partial charge in [-0.1, -0.05) is 36.4 Å². The Labute approximate surface area is 211 Å². The highest BCUT2D eigenvalue weighted by Crippen LogP contribution is 2.30. The molecule has 0 unspecified atom stereocenters. The maximum atomic E-state index is 12.9. The highest BCUT2D eigenvalue weighted by Gasteiger charge is 2.30. The number of piperidine rings is 1. The average Bonchev–Trinajstić information content (AvgIpc) is 2.92. The molecular formula is C27H25F3N6O. The summed E-state index contributed by atoms with van der Waals surface area (Å²) in [5, 5.41) is 16.7. The van der Waals surface area contributed by atoms with Crippen LogP contribution in [0.5, 0.6) is 0 Å². The zero-order valence-electron chi connectivity index (χ0n) is 19.9. The van der Waals surface area contributed by atoms with Gasteiger partial charge in [-0.05, 0) is 54.1 Å². The molecule has 0 bridgehead atoms. The zero-order chi connectivity index (χ0) is 25.8. The Morgan fingerprint density at radius 2 is 1.78 bits per heavy atom. The van der Waals surface area contributed by atoms with Gasteiger partial charge in [-0.3, -0.25) is 4.79 Å². The number of hydrogen-bond donors (Lipinski definition) is 2. The molecule has 1 aliphatic rings. The van der Waals surface area contributed by atoms with Crippen molar-refractivity contribution in [2.45, 2.75) is 25.6 Å². The van der Waals surface area contributed by atoms with Crippen LogP contribution in [0.1, 0.15) is 24.0 Å². The van der Waals surface area contributed by atoms with Crippen molar-refractivity contribution in [3.63, 3.8) is 0 Å². The van der Waals surface area contributed by atoms with Gasteiger partial charge in [0.15, 0.2) is 11.6 Å². The van der Waals surface area contributed by atoms with Gasteiger partial charge >= 0.3 is 6.18 Å². The van der Waals surface area contributed by atoms with Crippen LogP contribution in [-0.4, -0.2) is 34.2 Å². The Morgan fingerprint density at radius 1 is 0.973 bits per heavy atom. The van der Waals surface area contributed by atoms with E-state index in [4.69, 9.17) is 0 Å². The number of nitrogens with one attached hydrogen (secondary N) is 2.